The van der Waals surface area contributed by atoms with Crippen LogP contribution in [0.5, 0.6) is 0 Å². The molecule has 6 fully saturated rings. The molecule has 0 aromatic carbocycles. The summed E-state index contributed by atoms with van der Waals surface area (Å²) in [6, 6.07) is 0.507. The van der Waals surface area contributed by atoms with Crippen LogP contribution in [0.25, 0.3) is 0 Å². The van der Waals surface area contributed by atoms with Crippen molar-refractivity contribution in [2.24, 2.45) is 23.7 Å². The zero-order valence-electron chi connectivity index (χ0n) is 17.3. The van der Waals surface area contributed by atoms with Gasteiger partial charge in [0.2, 0.25) is 11.8 Å². The fraction of sp³-hybridized carbons (Fsp3) is 0.909. The third-order valence-electron chi connectivity index (χ3n) is 8.41. The average Bonchev–Trinajstić information content (AvgIpc) is 3.10. The van der Waals surface area contributed by atoms with Crippen molar-refractivity contribution in [2.75, 3.05) is 46.3 Å². The van der Waals surface area contributed by atoms with Gasteiger partial charge in [0.05, 0.1) is 12.6 Å². The minimum absolute atomic E-state index is 0.0757. The van der Waals surface area contributed by atoms with Crippen LogP contribution in [0.4, 0.5) is 0 Å². The Morgan fingerprint density at radius 3 is 2.11 bits per heavy atom. The first-order chi connectivity index (χ1) is 13.6. The Morgan fingerprint density at radius 1 is 0.893 bits per heavy atom. The van der Waals surface area contributed by atoms with Crippen LogP contribution in [0, 0.1) is 23.7 Å². The van der Waals surface area contributed by atoms with Crippen molar-refractivity contribution in [1.29, 1.82) is 0 Å². The third-order valence-corrected chi connectivity index (χ3v) is 8.41. The molecule has 2 heterocycles. The summed E-state index contributed by atoms with van der Waals surface area (Å²) in [6.07, 6.45) is 8.93. The Balaban J connectivity index is 1.08. The molecule has 4 bridgehead atoms. The topological polar surface area (TPSA) is 55.9 Å². The molecule has 2 saturated heterocycles. The molecule has 4 saturated carbocycles. The van der Waals surface area contributed by atoms with Gasteiger partial charge in [-0.05, 0) is 82.2 Å². The summed E-state index contributed by atoms with van der Waals surface area (Å²) in [6.45, 7) is 4.67. The second kappa shape index (κ2) is 7.60. The van der Waals surface area contributed by atoms with Gasteiger partial charge in [0.15, 0.2) is 0 Å². The largest absolute Gasteiger partial charge is 0.352 e. The minimum Gasteiger partial charge on any atom is -0.352 e. The first kappa shape index (κ1) is 18.9. The van der Waals surface area contributed by atoms with Crippen LogP contribution in [-0.2, 0) is 9.59 Å². The number of hydrogen-bond acceptors (Lipinski definition) is 4. The van der Waals surface area contributed by atoms with E-state index in [9.17, 15) is 9.59 Å². The fourth-order valence-corrected chi connectivity index (χ4v) is 7.15. The summed E-state index contributed by atoms with van der Waals surface area (Å²) in [5, 5.41) is 3.43. The normalized spacial score (nSPS) is 40.8. The SMILES string of the molecule is CN1CCCC1C(=O)N1CCN(CC(=O)NC2C3CC4CC(C3)CC2C4)CC1. The number of likely N-dealkylation sites (N-methyl/N-ethyl adjacent to an activating group) is 1. The highest BCUT2D eigenvalue weighted by Gasteiger charge is 2.48. The molecule has 0 radical (unpaired) electrons. The Kier molecular flexibility index (Phi) is 5.12. The Labute approximate surface area is 169 Å². The van der Waals surface area contributed by atoms with E-state index >= 15 is 0 Å². The van der Waals surface area contributed by atoms with Gasteiger partial charge in [0.25, 0.3) is 0 Å². The monoisotopic (exact) mass is 388 g/mol. The van der Waals surface area contributed by atoms with E-state index in [1.165, 1.54) is 32.1 Å². The lowest BCUT2D eigenvalue weighted by atomic mass is 9.54. The molecule has 1 N–H and O–H groups in total. The third kappa shape index (κ3) is 3.58. The van der Waals surface area contributed by atoms with Crippen molar-refractivity contribution >= 4 is 11.8 Å². The zero-order chi connectivity index (χ0) is 19.3. The van der Waals surface area contributed by atoms with Gasteiger partial charge in [0, 0.05) is 32.2 Å². The molecule has 6 rings (SSSR count). The molecule has 6 heteroatoms. The summed E-state index contributed by atoms with van der Waals surface area (Å²) < 4.78 is 0. The van der Waals surface area contributed by atoms with E-state index in [4.69, 9.17) is 0 Å². The maximum atomic E-state index is 12.7. The predicted octanol–water partition coefficient (Wildman–Crippen LogP) is 1.17. The van der Waals surface area contributed by atoms with E-state index in [2.05, 4.69) is 22.2 Å². The lowest BCUT2D eigenvalue weighted by Crippen LogP contribution is -2.58. The summed E-state index contributed by atoms with van der Waals surface area (Å²) in [5.74, 6) is 3.85. The number of carbonyl (C=O) groups is 2. The molecule has 6 nitrogen and oxygen atoms in total. The van der Waals surface area contributed by atoms with Crippen molar-refractivity contribution in [3.63, 3.8) is 0 Å². The molecule has 0 aromatic rings. The van der Waals surface area contributed by atoms with Crippen LogP contribution >= 0.6 is 0 Å². The first-order valence-electron chi connectivity index (χ1n) is 11.6. The molecule has 6 aliphatic rings. The molecule has 1 unspecified atom stereocenters. The fourth-order valence-electron chi connectivity index (χ4n) is 7.15. The van der Waals surface area contributed by atoms with Gasteiger partial charge < -0.3 is 10.2 Å². The van der Waals surface area contributed by atoms with Gasteiger partial charge in [-0.25, -0.2) is 0 Å². The van der Waals surface area contributed by atoms with E-state index in [1.807, 2.05) is 4.90 Å². The summed E-state index contributed by atoms with van der Waals surface area (Å²) >= 11 is 0. The number of nitrogens with one attached hydrogen (secondary N) is 1. The van der Waals surface area contributed by atoms with Crippen molar-refractivity contribution in [3.05, 3.63) is 0 Å². The van der Waals surface area contributed by atoms with Crippen molar-refractivity contribution in [2.45, 2.75) is 57.0 Å². The molecule has 2 amide bonds. The van der Waals surface area contributed by atoms with E-state index in [0.717, 1.165) is 69.2 Å². The predicted molar refractivity (Wildman–Crippen MR) is 108 cm³/mol. The molecule has 0 spiro atoms. The Morgan fingerprint density at radius 2 is 1.54 bits per heavy atom. The second-order valence-corrected chi connectivity index (χ2v) is 10.3. The van der Waals surface area contributed by atoms with Crippen molar-refractivity contribution in [1.82, 2.24) is 20.0 Å². The maximum absolute atomic E-state index is 12.7. The molecule has 4 aliphatic carbocycles. The standard InChI is InChI=1S/C22H36N4O2/c1-24-4-2-3-19(24)22(28)26-7-5-25(6-8-26)14-20(27)23-21-17-10-15-9-16(12-17)13-18(21)11-15/h15-19,21H,2-14H2,1H3,(H,23,27). The minimum atomic E-state index is 0.0757. The van der Waals surface area contributed by atoms with Crippen LogP contribution in [0.1, 0.15) is 44.9 Å². The quantitative estimate of drug-likeness (QED) is 0.785. The van der Waals surface area contributed by atoms with Gasteiger partial charge in [-0.15, -0.1) is 0 Å². The Hall–Kier alpha value is -1.14. The lowest BCUT2D eigenvalue weighted by molar-refractivity contribution is -0.137. The highest BCUT2D eigenvalue weighted by atomic mass is 16.2. The number of likely N-dealkylation sites (tertiary alicyclic amines) is 1. The maximum Gasteiger partial charge on any atom is 0.240 e. The highest BCUT2D eigenvalue weighted by molar-refractivity contribution is 5.82. The summed E-state index contributed by atoms with van der Waals surface area (Å²) in [7, 11) is 2.06. The van der Waals surface area contributed by atoms with Crippen LogP contribution in [0.3, 0.4) is 0 Å². The van der Waals surface area contributed by atoms with Gasteiger partial charge in [-0.2, -0.15) is 0 Å². The first-order valence-corrected chi connectivity index (χ1v) is 11.6. The number of carbonyl (C=O) groups excluding carboxylic acids is 2. The van der Waals surface area contributed by atoms with Gasteiger partial charge >= 0.3 is 0 Å². The van der Waals surface area contributed by atoms with Crippen LogP contribution in [0.2, 0.25) is 0 Å². The summed E-state index contributed by atoms with van der Waals surface area (Å²) in [5.41, 5.74) is 0. The van der Waals surface area contributed by atoms with Gasteiger partial charge in [0.1, 0.15) is 0 Å². The van der Waals surface area contributed by atoms with Crippen molar-refractivity contribution < 1.29 is 9.59 Å². The molecule has 28 heavy (non-hydrogen) atoms. The average molecular weight is 389 g/mol. The zero-order valence-corrected chi connectivity index (χ0v) is 17.3. The van der Waals surface area contributed by atoms with Gasteiger partial charge in [-0.3, -0.25) is 19.4 Å². The molecular formula is C22H36N4O2. The van der Waals surface area contributed by atoms with Crippen LogP contribution in [0.15, 0.2) is 0 Å². The number of hydrogen-bond donors (Lipinski definition) is 1. The van der Waals surface area contributed by atoms with Crippen LogP contribution in [-0.4, -0.2) is 84.9 Å². The van der Waals surface area contributed by atoms with Gasteiger partial charge in [-0.1, -0.05) is 0 Å². The summed E-state index contributed by atoms with van der Waals surface area (Å²) in [4.78, 5) is 31.9. The number of amides is 2. The highest BCUT2D eigenvalue weighted by Crippen LogP contribution is 2.53. The number of piperazine rings is 1. The number of rotatable bonds is 4. The lowest BCUT2D eigenvalue weighted by Gasteiger charge is -2.54. The Bertz CT molecular complexity index is 588. The van der Waals surface area contributed by atoms with Crippen molar-refractivity contribution in [3.8, 4) is 0 Å². The van der Waals surface area contributed by atoms with E-state index < -0.39 is 0 Å². The van der Waals surface area contributed by atoms with Crippen LogP contribution < -0.4 is 5.32 Å². The second-order valence-electron chi connectivity index (χ2n) is 10.3. The van der Waals surface area contributed by atoms with E-state index in [-0.39, 0.29) is 17.9 Å². The molecule has 1 atom stereocenters. The van der Waals surface area contributed by atoms with E-state index in [1.54, 1.807) is 0 Å². The van der Waals surface area contributed by atoms with E-state index in [0.29, 0.717) is 12.6 Å². The smallest absolute Gasteiger partial charge is 0.240 e. The number of nitrogens with zero attached hydrogens (tertiary/aromatic N) is 3. The molecule has 2 aliphatic heterocycles. The molecule has 156 valence electrons. The molecular weight excluding hydrogens is 352 g/mol. The molecule has 0 aromatic heterocycles.